The van der Waals surface area contributed by atoms with E-state index in [1.165, 1.54) is 36.4 Å². The first-order chi connectivity index (χ1) is 12.8. The zero-order valence-electron chi connectivity index (χ0n) is 14.3. The molecule has 0 heterocycles. The van der Waals surface area contributed by atoms with Gasteiger partial charge in [0.25, 0.3) is 5.91 Å². The third-order valence-corrected chi connectivity index (χ3v) is 3.64. The molecule has 0 atom stereocenters. The average Bonchev–Trinajstić information content (AvgIpc) is 2.64. The van der Waals surface area contributed by atoms with Gasteiger partial charge in [0.1, 0.15) is 0 Å². The van der Waals surface area contributed by atoms with Crippen LogP contribution in [0, 0.1) is 0 Å². The van der Waals surface area contributed by atoms with Gasteiger partial charge in [0.2, 0.25) is 5.91 Å². The third kappa shape index (κ3) is 5.35. The highest BCUT2D eigenvalue weighted by Gasteiger charge is 2.16. The minimum atomic E-state index is -0.808. The molecule has 0 fully saturated rings. The van der Waals surface area contributed by atoms with E-state index in [0.717, 1.165) is 0 Å². The van der Waals surface area contributed by atoms with Gasteiger partial charge in [0.05, 0.1) is 17.2 Å². The standard InChI is InChI=1S/C18H17ClN2O6/c1-2-26-14-8-11(7-13(19)16(14)23)18(25)27-9-15(22)21-12-5-3-10(4-6-12)17(20)24/h3-8,23H,2,9H2,1H3,(H2,20,24)(H,21,22). The van der Waals surface area contributed by atoms with Crippen LogP contribution in [0.2, 0.25) is 5.02 Å². The maximum atomic E-state index is 12.1. The molecule has 27 heavy (non-hydrogen) atoms. The van der Waals surface area contributed by atoms with Crippen molar-refractivity contribution in [1.82, 2.24) is 0 Å². The zero-order chi connectivity index (χ0) is 20.0. The number of primary amides is 1. The van der Waals surface area contributed by atoms with E-state index in [9.17, 15) is 19.5 Å². The van der Waals surface area contributed by atoms with Crippen molar-refractivity contribution in [2.75, 3.05) is 18.5 Å². The largest absolute Gasteiger partial charge is 0.503 e. The maximum Gasteiger partial charge on any atom is 0.338 e. The van der Waals surface area contributed by atoms with Crippen LogP contribution >= 0.6 is 11.6 Å². The number of aromatic hydroxyl groups is 1. The van der Waals surface area contributed by atoms with Gasteiger partial charge < -0.3 is 25.6 Å². The molecular weight excluding hydrogens is 376 g/mol. The predicted octanol–water partition coefficient (Wildman–Crippen LogP) is 2.34. The number of carbonyl (C=O) groups is 3. The number of ether oxygens (including phenoxy) is 2. The number of esters is 1. The van der Waals surface area contributed by atoms with Gasteiger partial charge in [-0.1, -0.05) is 11.6 Å². The van der Waals surface area contributed by atoms with Crippen molar-refractivity contribution >= 4 is 35.1 Å². The molecule has 0 bridgehead atoms. The number of benzene rings is 2. The molecule has 0 aromatic heterocycles. The number of halogens is 1. The molecule has 0 unspecified atom stereocenters. The van der Waals surface area contributed by atoms with Crippen LogP contribution in [0.15, 0.2) is 36.4 Å². The number of amides is 2. The Labute approximate surface area is 159 Å². The molecule has 8 nitrogen and oxygen atoms in total. The lowest BCUT2D eigenvalue weighted by Crippen LogP contribution is -2.21. The normalized spacial score (nSPS) is 10.1. The maximum absolute atomic E-state index is 12.1. The third-order valence-electron chi connectivity index (χ3n) is 3.35. The Kier molecular flexibility index (Phi) is 6.62. The van der Waals surface area contributed by atoms with E-state index < -0.39 is 24.4 Å². The number of hydrogen-bond acceptors (Lipinski definition) is 6. The Bertz CT molecular complexity index is 867. The second-order valence-corrected chi connectivity index (χ2v) is 5.71. The molecular formula is C18H17ClN2O6. The van der Waals surface area contributed by atoms with Crippen LogP contribution in [0.3, 0.4) is 0 Å². The highest BCUT2D eigenvalue weighted by Crippen LogP contribution is 2.35. The number of rotatable bonds is 7. The van der Waals surface area contributed by atoms with Crippen LogP contribution in [0.4, 0.5) is 5.69 Å². The van der Waals surface area contributed by atoms with Crippen molar-refractivity contribution < 1.29 is 29.0 Å². The lowest BCUT2D eigenvalue weighted by molar-refractivity contribution is -0.119. The van der Waals surface area contributed by atoms with Gasteiger partial charge in [0, 0.05) is 11.3 Å². The first-order valence-corrected chi connectivity index (χ1v) is 8.21. The summed E-state index contributed by atoms with van der Waals surface area (Å²) < 4.78 is 10.1. The van der Waals surface area contributed by atoms with Gasteiger partial charge >= 0.3 is 5.97 Å². The number of nitrogens with two attached hydrogens (primary N) is 1. The summed E-state index contributed by atoms with van der Waals surface area (Å²) in [6, 6.07) is 8.38. The molecule has 2 amide bonds. The topological polar surface area (TPSA) is 128 Å². The van der Waals surface area contributed by atoms with E-state index in [-0.39, 0.29) is 28.7 Å². The smallest absolute Gasteiger partial charge is 0.338 e. The fraction of sp³-hybridized carbons (Fsp3) is 0.167. The van der Waals surface area contributed by atoms with Crippen LogP contribution in [0.1, 0.15) is 27.6 Å². The van der Waals surface area contributed by atoms with E-state index in [2.05, 4.69) is 5.32 Å². The molecule has 9 heteroatoms. The van der Waals surface area contributed by atoms with E-state index in [4.69, 9.17) is 26.8 Å². The van der Waals surface area contributed by atoms with Gasteiger partial charge in [-0.3, -0.25) is 9.59 Å². The first-order valence-electron chi connectivity index (χ1n) is 7.84. The van der Waals surface area contributed by atoms with Crippen LogP contribution in [-0.4, -0.2) is 36.1 Å². The monoisotopic (exact) mass is 392 g/mol. The summed E-state index contributed by atoms with van der Waals surface area (Å²) in [7, 11) is 0. The van der Waals surface area contributed by atoms with Crippen LogP contribution in [-0.2, 0) is 9.53 Å². The summed E-state index contributed by atoms with van der Waals surface area (Å²) >= 11 is 5.85. The number of anilines is 1. The van der Waals surface area contributed by atoms with Gasteiger partial charge in [-0.2, -0.15) is 0 Å². The Balaban J connectivity index is 1.96. The SMILES string of the molecule is CCOc1cc(C(=O)OCC(=O)Nc2ccc(C(N)=O)cc2)cc(Cl)c1O. The van der Waals surface area contributed by atoms with Crippen LogP contribution in [0.25, 0.3) is 0 Å². The molecule has 2 rings (SSSR count). The number of nitrogens with one attached hydrogen (secondary N) is 1. The molecule has 0 aliphatic rings. The Morgan fingerprint density at radius 2 is 1.81 bits per heavy atom. The van der Waals surface area contributed by atoms with Crippen molar-refractivity contribution in [2.45, 2.75) is 6.92 Å². The number of carbonyl (C=O) groups excluding carboxylic acids is 3. The quantitative estimate of drug-likeness (QED) is 0.620. The number of hydrogen-bond donors (Lipinski definition) is 3. The minimum absolute atomic E-state index is 0.0276. The van der Waals surface area contributed by atoms with E-state index in [1.807, 2.05) is 0 Å². The Morgan fingerprint density at radius 1 is 1.15 bits per heavy atom. The van der Waals surface area contributed by atoms with Gasteiger partial charge in [-0.05, 0) is 43.3 Å². The van der Waals surface area contributed by atoms with Crippen LogP contribution in [0.5, 0.6) is 11.5 Å². The average molecular weight is 393 g/mol. The van der Waals surface area contributed by atoms with E-state index in [0.29, 0.717) is 11.3 Å². The van der Waals surface area contributed by atoms with Crippen molar-refractivity contribution in [3.05, 3.63) is 52.5 Å². The number of phenolic OH excluding ortho intramolecular Hbond substituents is 1. The molecule has 0 saturated heterocycles. The molecule has 142 valence electrons. The summed E-state index contributed by atoms with van der Waals surface area (Å²) in [4.78, 5) is 35.0. The lowest BCUT2D eigenvalue weighted by atomic mass is 10.2. The Morgan fingerprint density at radius 3 is 2.41 bits per heavy atom. The first kappa shape index (κ1) is 20.1. The predicted molar refractivity (Wildman–Crippen MR) is 98.2 cm³/mol. The molecule has 0 saturated carbocycles. The zero-order valence-corrected chi connectivity index (χ0v) is 15.1. The fourth-order valence-corrected chi connectivity index (χ4v) is 2.30. The van der Waals surface area contributed by atoms with Crippen LogP contribution < -0.4 is 15.8 Å². The van der Waals surface area contributed by atoms with E-state index in [1.54, 1.807) is 6.92 Å². The second-order valence-electron chi connectivity index (χ2n) is 5.30. The minimum Gasteiger partial charge on any atom is -0.503 e. The number of phenols is 1. The molecule has 2 aromatic carbocycles. The molecule has 0 spiro atoms. The molecule has 0 radical (unpaired) electrons. The summed E-state index contributed by atoms with van der Waals surface area (Å²) in [5.41, 5.74) is 5.87. The molecule has 0 aliphatic heterocycles. The highest BCUT2D eigenvalue weighted by molar-refractivity contribution is 6.32. The van der Waals surface area contributed by atoms with Gasteiger partial charge in [0.15, 0.2) is 18.1 Å². The van der Waals surface area contributed by atoms with Gasteiger partial charge in [-0.15, -0.1) is 0 Å². The van der Waals surface area contributed by atoms with E-state index >= 15 is 0 Å². The van der Waals surface area contributed by atoms with Crippen molar-refractivity contribution in [3.8, 4) is 11.5 Å². The van der Waals surface area contributed by atoms with Crippen molar-refractivity contribution in [1.29, 1.82) is 0 Å². The lowest BCUT2D eigenvalue weighted by Gasteiger charge is -2.10. The summed E-state index contributed by atoms with van der Waals surface area (Å²) in [5, 5.41) is 12.2. The van der Waals surface area contributed by atoms with Crippen molar-refractivity contribution in [2.24, 2.45) is 5.73 Å². The molecule has 4 N–H and O–H groups in total. The summed E-state index contributed by atoms with van der Waals surface area (Å²) in [6.07, 6.45) is 0. The Hall–Kier alpha value is -3.26. The fourth-order valence-electron chi connectivity index (χ4n) is 2.09. The second kappa shape index (κ2) is 8.91. The van der Waals surface area contributed by atoms with Gasteiger partial charge in [-0.25, -0.2) is 4.79 Å². The van der Waals surface area contributed by atoms with Crippen molar-refractivity contribution in [3.63, 3.8) is 0 Å². The highest BCUT2D eigenvalue weighted by atomic mass is 35.5. The summed E-state index contributed by atoms with van der Waals surface area (Å²) in [5.74, 6) is -2.22. The summed E-state index contributed by atoms with van der Waals surface area (Å²) in [6.45, 7) is 1.43. The molecule has 0 aliphatic carbocycles. The molecule has 2 aromatic rings.